The highest BCUT2D eigenvalue weighted by atomic mass is 16.5. The van der Waals surface area contributed by atoms with Gasteiger partial charge in [0.05, 0.1) is 0 Å². The van der Waals surface area contributed by atoms with Gasteiger partial charge in [-0.25, -0.2) is 10.5 Å². The molecule has 0 saturated heterocycles. The molecule has 57 valence electrons. The molecule has 1 amide bonds. The van der Waals surface area contributed by atoms with Gasteiger partial charge in [0, 0.05) is 18.0 Å². The molecular formula is C7H7N2O2. The average molecular weight is 151 g/mol. The number of carbonyl (C=O) groups is 1. The zero-order valence-corrected chi connectivity index (χ0v) is 5.78. The van der Waals surface area contributed by atoms with Crippen LogP contribution >= 0.6 is 0 Å². The molecule has 0 aliphatic rings. The number of aromatic nitrogens is 1. The van der Waals surface area contributed by atoms with Gasteiger partial charge in [-0.2, -0.15) is 0 Å². The second kappa shape index (κ2) is 3.55. The molecule has 1 heterocycles. The molecule has 0 bridgehead atoms. The van der Waals surface area contributed by atoms with Crippen LogP contribution in [0, 0.1) is 0 Å². The fourth-order valence-electron chi connectivity index (χ4n) is 0.632. The zero-order chi connectivity index (χ0) is 8.10. The van der Waals surface area contributed by atoms with Gasteiger partial charge in [0.25, 0.3) is 0 Å². The Morgan fingerprint density at radius 2 is 2.55 bits per heavy atom. The van der Waals surface area contributed by atoms with Gasteiger partial charge < -0.3 is 4.74 Å². The van der Waals surface area contributed by atoms with Crippen LogP contribution in [0.1, 0.15) is 5.56 Å². The van der Waals surface area contributed by atoms with Crippen molar-refractivity contribution in [2.75, 3.05) is 0 Å². The first-order valence-corrected chi connectivity index (χ1v) is 3.06. The van der Waals surface area contributed by atoms with E-state index in [0.717, 1.165) is 5.56 Å². The summed E-state index contributed by atoms with van der Waals surface area (Å²) in [4.78, 5) is 13.9. The van der Waals surface area contributed by atoms with E-state index < -0.39 is 6.09 Å². The minimum absolute atomic E-state index is 0.121. The molecule has 0 unspecified atom stereocenters. The third-order valence-corrected chi connectivity index (χ3v) is 1.09. The number of pyridine rings is 1. The maximum absolute atomic E-state index is 10.0. The third-order valence-electron chi connectivity index (χ3n) is 1.09. The molecule has 4 heteroatoms. The van der Waals surface area contributed by atoms with Crippen molar-refractivity contribution in [3.8, 4) is 0 Å². The van der Waals surface area contributed by atoms with E-state index in [4.69, 9.17) is 5.73 Å². The summed E-state index contributed by atoms with van der Waals surface area (Å²) in [7, 11) is 0. The quantitative estimate of drug-likeness (QED) is 0.633. The number of nitrogens with zero attached hydrogens (tertiary/aromatic N) is 1. The first-order valence-electron chi connectivity index (χ1n) is 3.06. The molecule has 1 aromatic heterocycles. The number of rotatable bonds is 2. The highest BCUT2D eigenvalue weighted by Crippen LogP contribution is 1.97. The summed E-state index contributed by atoms with van der Waals surface area (Å²) >= 11 is 0. The minimum atomic E-state index is -1.02. The lowest BCUT2D eigenvalue weighted by Gasteiger charge is -1.98. The van der Waals surface area contributed by atoms with Gasteiger partial charge in [0.1, 0.15) is 6.61 Å². The van der Waals surface area contributed by atoms with E-state index in [1.807, 2.05) is 0 Å². The first-order chi connectivity index (χ1) is 5.29. The number of carbonyl (C=O) groups excluding carboxylic acids is 1. The Morgan fingerprint density at radius 1 is 1.73 bits per heavy atom. The van der Waals surface area contributed by atoms with Crippen LogP contribution in [0.15, 0.2) is 24.5 Å². The van der Waals surface area contributed by atoms with Crippen molar-refractivity contribution in [3.05, 3.63) is 30.1 Å². The molecule has 1 radical (unpaired) electrons. The SMILES string of the molecule is [NH]C(=O)OCc1cccnc1. The first kappa shape index (κ1) is 7.53. The summed E-state index contributed by atoms with van der Waals surface area (Å²) in [6, 6.07) is 3.52. The van der Waals surface area contributed by atoms with Crippen LogP contribution in [0.5, 0.6) is 0 Å². The van der Waals surface area contributed by atoms with Crippen LogP contribution < -0.4 is 5.73 Å². The summed E-state index contributed by atoms with van der Waals surface area (Å²) in [5.74, 6) is 0. The van der Waals surface area contributed by atoms with Crippen molar-refractivity contribution in [1.82, 2.24) is 10.7 Å². The molecule has 0 spiro atoms. The molecule has 4 nitrogen and oxygen atoms in total. The summed E-state index contributed by atoms with van der Waals surface area (Å²) in [6.07, 6.45) is 2.20. The number of hydrogen-bond acceptors (Lipinski definition) is 3. The second-order valence-electron chi connectivity index (χ2n) is 1.94. The van der Waals surface area contributed by atoms with Crippen LogP contribution in [0.3, 0.4) is 0 Å². The van der Waals surface area contributed by atoms with E-state index in [-0.39, 0.29) is 6.61 Å². The number of hydrogen-bond donors (Lipinski definition) is 0. The Balaban J connectivity index is 2.45. The fourth-order valence-corrected chi connectivity index (χ4v) is 0.632. The van der Waals surface area contributed by atoms with Crippen LogP contribution in [-0.4, -0.2) is 11.1 Å². The molecule has 0 fully saturated rings. The lowest BCUT2D eigenvalue weighted by molar-refractivity contribution is 0.148. The normalized spacial score (nSPS) is 9.09. The van der Waals surface area contributed by atoms with Gasteiger partial charge in [-0.1, -0.05) is 6.07 Å². The maximum atomic E-state index is 10.0. The van der Waals surface area contributed by atoms with E-state index in [0.29, 0.717) is 0 Å². The van der Waals surface area contributed by atoms with Crippen molar-refractivity contribution in [2.24, 2.45) is 0 Å². The molecule has 1 aromatic rings. The predicted molar refractivity (Wildman–Crippen MR) is 37.5 cm³/mol. The van der Waals surface area contributed by atoms with E-state index in [1.165, 1.54) is 0 Å². The monoisotopic (exact) mass is 151 g/mol. The number of ether oxygens (including phenoxy) is 1. The highest BCUT2D eigenvalue weighted by molar-refractivity contribution is 5.63. The number of nitrogens with one attached hydrogen (secondary N) is 1. The fraction of sp³-hybridized carbons (Fsp3) is 0.143. The molecule has 0 aromatic carbocycles. The maximum Gasteiger partial charge on any atom is 0.426 e. The minimum Gasteiger partial charge on any atom is -0.443 e. The zero-order valence-electron chi connectivity index (χ0n) is 5.78. The van der Waals surface area contributed by atoms with Crippen LogP contribution in [0.25, 0.3) is 0 Å². The Kier molecular flexibility index (Phi) is 2.43. The van der Waals surface area contributed by atoms with Gasteiger partial charge in [0.15, 0.2) is 0 Å². The van der Waals surface area contributed by atoms with Gasteiger partial charge in [-0.15, -0.1) is 0 Å². The summed E-state index contributed by atoms with van der Waals surface area (Å²) in [5, 5.41) is 0. The van der Waals surface area contributed by atoms with E-state index in [9.17, 15) is 4.79 Å². The van der Waals surface area contributed by atoms with Crippen LogP contribution in [0.2, 0.25) is 0 Å². The molecular weight excluding hydrogens is 144 g/mol. The topological polar surface area (TPSA) is 63.0 Å². The molecule has 1 rings (SSSR count). The van der Waals surface area contributed by atoms with Crippen LogP contribution in [0.4, 0.5) is 4.79 Å². The Bertz CT molecular complexity index is 235. The van der Waals surface area contributed by atoms with E-state index in [2.05, 4.69) is 9.72 Å². The predicted octanol–water partition coefficient (Wildman–Crippen LogP) is 1.00. The average Bonchev–Trinajstić information content (AvgIpc) is 2.03. The smallest absolute Gasteiger partial charge is 0.426 e. The Labute approximate surface area is 64.0 Å². The second-order valence-corrected chi connectivity index (χ2v) is 1.94. The van der Waals surface area contributed by atoms with Crippen molar-refractivity contribution >= 4 is 6.09 Å². The largest absolute Gasteiger partial charge is 0.443 e. The highest BCUT2D eigenvalue weighted by Gasteiger charge is 1.95. The van der Waals surface area contributed by atoms with Gasteiger partial charge in [-0.05, 0) is 6.07 Å². The number of amides is 1. The van der Waals surface area contributed by atoms with E-state index >= 15 is 0 Å². The lowest BCUT2D eigenvalue weighted by atomic mass is 10.3. The molecule has 0 aliphatic heterocycles. The Hall–Kier alpha value is -1.58. The lowest BCUT2D eigenvalue weighted by Crippen LogP contribution is -2.01. The standard InChI is InChI=1S/C7H7N2O2/c8-7(10)11-5-6-2-1-3-9-4-6/h1-4,8H,5H2. The van der Waals surface area contributed by atoms with Crippen molar-refractivity contribution in [1.29, 1.82) is 0 Å². The van der Waals surface area contributed by atoms with Gasteiger partial charge in [-0.3, -0.25) is 4.98 Å². The van der Waals surface area contributed by atoms with Crippen molar-refractivity contribution in [3.63, 3.8) is 0 Å². The Morgan fingerprint density at radius 3 is 3.09 bits per heavy atom. The van der Waals surface area contributed by atoms with Crippen LogP contribution in [-0.2, 0) is 11.3 Å². The summed E-state index contributed by atoms with van der Waals surface area (Å²) < 4.78 is 4.42. The molecule has 0 saturated carbocycles. The van der Waals surface area contributed by atoms with Gasteiger partial charge in [0.2, 0.25) is 0 Å². The summed E-state index contributed by atoms with van der Waals surface area (Å²) in [6.45, 7) is 0.121. The molecule has 11 heavy (non-hydrogen) atoms. The molecule has 1 N–H and O–H groups in total. The molecule has 0 aliphatic carbocycles. The van der Waals surface area contributed by atoms with Gasteiger partial charge >= 0.3 is 6.09 Å². The van der Waals surface area contributed by atoms with E-state index in [1.54, 1.807) is 24.5 Å². The summed E-state index contributed by atoms with van der Waals surface area (Å²) in [5.41, 5.74) is 7.23. The molecule has 0 atom stereocenters. The third kappa shape index (κ3) is 2.66. The van der Waals surface area contributed by atoms with Crippen molar-refractivity contribution < 1.29 is 9.53 Å². The van der Waals surface area contributed by atoms with Crippen molar-refractivity contribution in [2.45, 2.75) is 6.61 Å².